The minimum Gasteiger partial charge on any atom is -0.324 e. The van der Waals surface area contributed by atoms with E-state index in [0.29, 0.717) is 6.04 Å². The fraction of sp³-hybridized carbons (Fsp3) is 0.625. The molecule has 106 valence electrons. The van der Waals surface area contributed by atoms with E-state index in [4.69, 9.17) is 5.73 Å². The number of nitrogens with zero attached hydrogens (tertiary/aromatic N) is 2. The van der Waals surface area contributed by atoms with E-state index < -0.39 is 0 Å². The highest BCUT2D eigenvalue weighted by Crippen LogP contribution is 2.22. The maximum absolute atomic E-state index is 6.43. The Hall–Kier alpha value is -0.900. The molecule has 1 aliphatic heterocycles. The van der Waals surface area contributed by atoms with E-state index in [-0.39, 0.29) is 6.04 Å². The molecule has 3 heteroatoms. The summed E-state index contributed by atoms with van der Waals surface area (Å²) in [7, 11) is 4.41. The van der Waals surface area contributed by atoms with Gasteiger partial charge in [-0.05, 0) is 39.9 Å². The molecule has 0 bridgehead atoms. The molecule has 1 aliphatic rings. The first kappa shape index (κ1) is 14.5. The number of nitrogens with two attached hydrogens (primary N) is 1. The fourth-order valence-corrected chi connectivity index (χ4v) is 3.01. The van der Waals surface area contributed by atoms with Crippen molar-refractivity contribution >= 4 is 0 Å². The normalized spacial score (nSPS) is 23.5. The summed E-state index contributed by atoms with van der Waals surface area (Å²) in [5.74, 6) is 0. The Morgan fingerprint density at radius 1 is 1.16 bits per heavy atom. The number of aryl methyl sites for hydroxylation is 2. The smallest absolute Gasteiger partial charge is 0.0310 e. The summed E-state index contributed by atoms with van der Waals surface area (Å²) < 4.78 is 0. The second kappa shape index (κ2) is 6.04. The SMILES string of the molecule is Cc1cc(C)cc(C(N)CC2CN(C)CCN2C)c1. The molecular weight excluding hydrogens is 234 g/mol. The van der Waals surface area contributed by atoms with Crippen molar-refractivity contribution in [2.75, 3.05) is 33.7 Å². The summed E-state index contributed by atoms with van der Waals surface area (Å²) >= 11 is 0. The lowest BCUT2D eigenvalue weighted by atomic mass is 9.95. The van der Waals surface area contributed by atoms with E-state index in [9.17, 15) is 0 Å². The van der Waals surface area contributed by atoms with Crippen molar-refractivity contribution in [1.29, 1.82) is 0 Å². The molecule has 2 atom stereocenters. The third-order valence-electron chi connectivity index (χ3n) is 4.18. The molecule has 1 aromatic carbocycles. The van der Waals surface area contributed by atoms with E-state index >= 15 is 0 Å². The molecule has 19 heavy (non-hydrogen) atoms. The number of hydrogen-bond donors (Lipinski definition) is 1. The third kappa shape index (κ3) is 3.78. The lowest BCUT2D eigenvalue weighted by molar-refractivity contribution is 0.104. The van der Waals surface area contributed by atoms with Gasteiger partial charge in [-0.1, -0.05) is 29.3 Å². The van der Waals surface area contributed by atoms with Gasteiger partial charge in [0.15, 0.2) is 0 Å². The van der Waals surface area contributed by atoms with Gasteiger partial charge in [0, 0.05) is 31.7 Å². The zero-order valence-corrected chi connectivity index (χ0v) is 12.7. The zero-order valence-electron chi connectivity index (χ0n) is 12.7. The molecule has 3 nitrogen and oxygen atoms in total. The lowest BCUT2D eigenvalue weighted by Crippen LogP contribution is -2.50. The summed E-state index contributed by atoms with van der Waals surface area (Å²) in [6.45, 7) is 7.70. The molecule has 0 aromatic heterocycles. The monoisotopic (exact) mass is 261 g/mol. The largest absolute Gasteiger partial charge is 0.324 e. The summed E-state index contributed by atoms with van der Waals surface area (Å²) in [5, 5.41) is 0. The van der Waals surface area contributed by atoms with E-state index in [1.165, 1.54) is 16.7 Å². The summed E-state index contributed by atoms with van der Waals surface area (Å²) in [5.41, 5.74) is 10.3. The van der Waals surface area contributed by atoms with Crippen LogP contribution in [0.4, 0.5) is 0 Å². The van der Waals surface area contributed by atoms with Crippen molar-refractivity contribution in [3.8, 4) is 0 Å². The molecule has 0 radical (unpaired) electrons. The van der Waals surface area contributed by atoms with Gasteiger partial charge in [-0.2, -0.15) is 0 Å². The molecule has 0 saturated carbocycles. The Kier molecular flexibility index (Phi) is 4.61. The van der Waals surface area contributed by atoms with Crippen LogP contribution in [0.5, 0.6) is 0 Å². The van der Waals surface area contributed by atoms with Crippen LogP contribution in [0, 0.1) is 13.8 Å². The minimum absolute atomic E-state index is 0.137. The molecule has 1 aromatic rings. The van der Waals surface area contributed by atoms with Gasteiger partial charge in [-0.25, -0.2) is 0 Å². The van der Waals surface area contributed by atoms with Gasteiger partial charge in [0.2, 0.25) is 0 Å². The van der Waals surface area contributed by atoms with Gasteiger partial charge in [0.05, 0.1) is 0 Å². The first-order valence-electron chi connectivity index (χ1n) is 7.18. The highest BCUT2D eigenvalue weighted by Gasteiger charge is 2.24. The maximum atomic E-state index is 6.43. The molecular formula is C16H27N3. The van der Waals surface area contributed by atoms with Gasteiger partial charge in [-0.15, -0.1) is 0 Å². The topological polar surface area (TPSA) is 32.5 Å². The van der Waals surface area contributed by atoms with Crippen LogP contribution in [0.3, 0.4) is 0 Å². The van der Waals surface area contributed by atoms with Gasteiger partial charge < -0.3 is 15.5 Å². The first-order chi connectivity index (χ1) is 8.95. The number of benzene rings is 1. The van der Waals surface area contributed by atoms with Gasteiger partial charge in [0.25, 0.3) is 0 Å². The molecule has 1 saturated heterocycles. The van der Waals surface area contributed by atoms with Crippen molar-refractivity contribution < 1.29 is 0 Å². The van der Waals surface area contributed by atoms with Crippen molar-refractivity contribution in [3.05, 3.63) is 34.9 Å². The second-order valence-electron chi connectivity index (χ2n) is 6.16. The van der Waals surface area contributed by atoms with Crippen molar-refractivity contribution in [2.45, 2.75) is 32.4 Å². The molecule has 1 fully saturated rings. The predicted molar refractivity (Wildman–Crippen MR) is 81.4 cm³/mol. The van der Waals surface area contributed by atoms with Gasteiger partial charge in [0.1, 0.15) is 0 Å². The highest BCUT2D eigenvalue weighted by molar-refractivity contribution is 5.30. The second-order valence-corrected chi connectivity index (χ2v) is 6.16. The molecule has 2 N–H and O–H groups in total. The van der Waals surface area contributed by atoms with E-state index in [1.807, 2.05) is 0 Å². The average Bonchev–Trinajstić information content (AvgIpc) is 2.32. The standard InChI is InChI=1S/C16H27N3/c1-12-7-13(2)9-14(8-12)16(17)10-15-11-18(3)5-6-19(15)4/h7-9,15-16H,5-6,10-11,17H2,1-4H3. The van der Waals surface area contributed by atoms with Crippen LogP contribution in [-0.2, 0) is 0 Å². The van der Waals surface area contributed by atoms with Crippen LogP contribution in [0.15, 0.2) is 18.2 Å². The Bertz CT molecular complexity index is 410. The first-order valence-corrected chi connectivity index (χ1v) is 7.18. The van der Waals surface area contributed by atoms with Gasteiger partial charge >= 0.3 is 0 Å². The zero-order chi connectivity index (χ0) is 14.0. The van der Waals surface area contributed by atoms with Crippen LogP contribution >= 0.6 is 0 Å². The Balaban J connectivity index is 2.05. The Morgan fingerprint density at radius 3 is 2.42 bits per heavy atom. The summed E-state index contributed by atoms with van der Waals surface area (Å²) in [4.78, 5) is 4.85. The Morgan fingerprint density at radius 2 is 1.79 bits per heavy atom. The molecule has 0 amide bonds. The number of rotatable bonds is 3. The lowest BCUT2D eigenvalue weighted by Gasteiger charge is -2.39. The average molecular weight is 261 g/mol. The summed E-state index contributed by atoms with van der Waals surface area (Å²) in [6.07, 6.45) is 1.03. The fourth-order valence-electron chi connectivity index (χ4n) is 3.01. The summed E-state index contributed by atoms with van der Waals surface area (Å²) in [6, 6.07) is 7.36. The van der Waals surface area contributed by atoms with E-state index in [0.717, 1.165) is 26.1 Å². The van der Waals surface area contributed by atoms with Crippen LogP contribution in [0.2, 0.25) is 0 Å². The molecule has 2 unspecified atom stereocenters. The van der Waals surface area contributed by atoms with Crippen molar-refractivity contribution in [1.82, 2.24) is 9.80 Å². The molecule has 2 rings (SSSR count). The highest BCUT2D eigenvalue weighted by atomic mass is 15.3. The minimum atomic E-state index is 0.137. The van der Waals surface area contributed by atoms with E-state index in [1.54, 1.807) is 0 Å². The van der Waals surface area contributed by atoms with E-state index in [2.05, 4.69) is 55.9 Å². The van der Waals surface area contributed by atoms with Crippen molar-refractivity contribution in [2.24, 2.45) is 5.73 Å². The molecule has 1 heterocycles. The van der Waals surface area contributed by atoms with Crippen LogP contribution in [0.25, 0.3) is 0 Å². The molecule has 0 spiro atoms. The van der Waals surface area contributed by atoms with Crippen LogP contribution < -0.4 is 5.73 Å². The molecule has 0 aliphatic carbocycles. The number of likely N-dealkylation sites (N-methyl/N-ethyl adjacent to an activating group) is 2. The predicted octanol–water partition coefficient (Wildman–Crippen LogP) is 1.94. The van der Waals surface area contributed by atoms with Crippen LogP contribution in [-0.4, -0.2) is 49.6 Å². The van der Waals surface area contributed by atoms with Crippen LogP contribution in [0.1, 0.15) is 29.2 Å². The Labute approximate surface area is 117 Å². The number of piperazine rings is 1. The third-order valence-corrected chi connectivity index (χ3v) is 4.18. The number of hydrogen-bond acceptors (Lipinski definition) is 3. The maximum Gasteiger partial charge on any atom is 0.0310 e. The quantitative estimate of drug-likeness (QED) is 0.902. The van der Waals surface area contributed by atoms with Crippen molar-refractivity contribution in [3.63, 3.8) is 0 Å². The van der Waals surface area contributed by atoms with Gasteiger partial charge in [-0.3, -0.25) is 0 Å².